The third-order valence-electron chi connectivity index (χ3n) is 6.28. The minimum atomic E-state index is 0.199. The smallest absolute Gasteiger partial charge is 0.205 e. The highest BCUT2D eigenvalue weighted by Crippen LogP contribution is 2.39. The van der Waals surface area contributed by atoms with E-state index >= 15 is 0 Å². The fourth-order valence-corrected chi connectivity index (χ4v) is 5.32. The first-order valence-electron chi connectivity index (χ1n) is 10.2. The Morgan fingerprint density at radius 3 is 2.53 bits per heavy atom. The number of benzene rings is 1. The van der Waals surface area contributed by atoms with Gasteiger partial charge in [-0.3, -0.25) is 5.43 Å². The van der Waals surface area contributed by atoms with Crippen molar-refractivity contribution in [2.75, 3.05) is 24.5 Å². The normalized spacial score (nSPS) is 22.4. The minimum absolute atomic E-state index is 0.199. The lowest BCUT2D eigenvalue weighted by molar-refractivity contribution is -0.0694. The molecule has 1 unspecified atom stereocenters. The second-order valence-electron chi connectivity index (χ2n) is 8.14. The van der Waals surface area contributed by atoms with Gasteiger partial charge in [-0.1, -0.05) is 34.8 Å². The highest BCUT2D eigenvalue weighted by Gasteiger charge is 2.45. The van der Waals surface area contributed by atoms with Gasteiger partial charge in [-0.2, -0.15) is 0 Å². The van der Waals surface area contributed by atoms with Gasteiger partial charge in [0, 0.05) is 41.8 Å². The first kappa shape index (κ1) is 20.3. The predicted molar refractivity (Wildman–Crippen MR) is 122 cm³/mol. The number of halogens is 3. The molecule has 5 rings (SSSR count). The van der Waals surface area contributed by atoms with Gasteiger partial charge in [0.25, 0.3) is 0 Å². The third kappa shape index (κ3) is 3.99. The highest BCUT2D eigenvalue weighted by atomic mass is 35.5. The van der Waals surface area contributed by atoms with Gasteiger partial charge in [0.2, 0.25) is 5.95 Å². The number of imidazole rings is 1. The van der Waals surface area contributed by atoms with Crippen LogP contribution in [0.25, 0.3) is 11.2 Å². The van der Waals surface area contributed by atoms with Crippen LogP contribution in [0.2, 0.25) is 15.2 Å². The number of hydrazine groups is 1. The molecule has 0 bridgehead atoms. The van der Waals surface area contributed by atoms with Gasteiger partial charge in [-0.05, 0) is 61.6 Å². The molecule has 0 aliphatic carbocycles. The van der Waals surface area contributed by atoms with Gasteiger partial charge in [0.05, 0.1) is 0 Å². The van der Waals surface area contributed by atoms with Crippen molar-refractivity contribution in [2.45, 2.75) is 37.8 Å². The second kappa shape index (κ2) is 8.17. The summed E-state index contributed by atoms with van der Waals surface area (Å²) in [7, 11) is 0. The molecule has 2 aliphatic heterocycles. The average molecular weight is 466 g/mol. The highest BCUT2D eigenvalue weighted by molar-refractivity contribution is 6.34. The number of hydrogen-bond donors (Lipinski definition) is 2. The fourth-order valence-electron chi connectivity index (χ4n) is 4.60. The molecule has 2 fully saturated rings. The van der Waals surface area contributed by atoms with Crippen molar-refractivity contribution in [1.82, 2.24) is 25.4 Å². The number of fused-ring (bicyclic) bond motifs is 1. The topological polar surface area (TPSA) is 60.1 Å². The van der Waals surface area contributed by atoms with E-state index in [1.54, 1.807) is 12.1 Å². The predicted octanol–water partition coefficient (Wildman–Crippen LogP) is 5.06. The summed E-state index contributed by atoms with van der Waals surface area (Å²) in [5.41, 5.74) is 6.49. The van der Waals surface area contributed by atoms with Crippen LogP contribution in [0.15, 0.2) is 30.3 Å². The standard InChI is InChI=1S/C21H23Cl3N6/c22-15-10-14(11-16(23)12-15)13-25-30-9-6-21(30)4-1-7-29(8-5-21)20-26-17-2-3-18(24)27-19(17)28-20/h2-3,10-12,25H,1,4-9,13H2,(H,26,27,28). The molecule has 2 aromatic heterocycles. The molecule has 0 saturated carbocycles. The third-order valence-corrected chi connectivity index (χ3v) is 6.93. The molecule has 6 nitrogen and oxygen atoms in total. The largest absolute Gasteiger partial charge is 0.342 e. The van der Waals surface area contributed by atoms with Crippen molar-refractivity contribution in [1.29, 1.82) is 0 Å². The molecule has 2 saturated heterocycles. The zero-order chi connectivity index (χ0) is 20.7. The summed E-state index contributed by atoms with van der Waals surface area (Å²) in [6.45, 7) is 3.71. The van der Waals surface area contributed by atoms with Crippen molar-refractivity contribution in [3.63, 3.8) is 0 Å². The van der Waals surface area contributed by atoms with E-state index in [9.17, 15) is 0 Å². The molecule has 30 heavy (non-hydrogen) atoms. The van der Waals surface area contributed by atoms with Crippen LogP contribution >= 0.6 is 34.8 Å². The summed E-state index contributed by atoms with van der Waals surface area (Å²) in [5, 5.41) is 4.23. The molecule has 9 heteroatoms. The summed E-state index contributed by atoms with van der Waals surface area (Å²) < 4.78 is 0. The number of anilines is 1. The molecule has 3 aromatic rings. The number of nitrogens with zero attached hydrogens (tertiary/aromatic N) is 4. The van der Waals surface area contributed by atoms with Crippen molar-refractivity contribution < 1.29 is 0 Å². The molecular weight excluding hydrogens is 443 g/mol. The molecular formula is C21H23Cl3N6. The van der Waals surface area contributed by atoms with Gasteiger partial charge in [-0.15, -0.1) is 0 Å². The van der Waals surface area contributed by atoms with E-state index in [0.29, 0.717) is 15.2 Å². The van der Waals surface area contributed by atoms with E-state index in [1.165, 1.54) is 6.42 Å². The molecule has 4 heterocycles. The van der Waals surface area contributed by atoms with Gasteiger partial charge >= 0.3 is 0 Å². The van der Waals surface area contributed by atoms with Crippen molar-refractivity contribution in [3.8, 4) is 0 Å². The molecule has 1 spiro atoms. The quantitative estimate of drug-likeness (QED) is 0.528. The minimum Gasteiger partial charge on any atom is -0.342 e. The Kier molecular flexibility index (Phi) is 5.54. The lowest BCUT2D eigenvalue weighted by atomic mass is 9.80. The molecule has 158 valence electrons. The van der Waals surface area contributed by atoms with Gasteiger partial charge < -0.3 is 9.88 Å². The Morgan fingerprint density at radius 2 is 1.77 bits per heavy atom. The molecule has 0 radical (unpaired) electrons. The summed E-state index contributed by atoms with van der Waals surface area (Å²) in [6.07, 6.45) is 4.58. The Bertz CT molecular complexity index is 1050. The molecule has 2 aliphatic rings. The van der Waals surface area contributed by atoms with Crippen LogP contribution in [-0.2, 0) is 6.54 Å². The van der Waals surface area contributed by atoms with Crippen LogP contribution in [0.5, 0.6) is 0 Å². The lowest BCUT2D eigenvalue weighted by Gasteiger charge is -2.53. The van der Waals surface area contributed by atoms with Crippen LogP contribution < -0.4 is 10.3 Å². The SMILES string of the molecule is Clc1cc(Cl)cc(CNN2CCC23CCCN(c2nc4ccc(Cl)nc4[nH]2)CC3)c1. The van der Waals surface area contributed by atoms with E-state index in [-0.39, 0.29) is 5.54 Å². The zero-order valence-electron chi connectivity index (χ0n) is 16.5. The van der Waals surface area contributed by atoms with Crippen LogP contribution in [0, 0.1) is 0 Å². The Morgan fingerprint density at radius 1 is 0.967 bits per heavy atom. The van der Waals surface area contributed by atoms with Crippen molar-refractivity contribution in [3.05, 3.63) is 51.1 Å². The summed E-state index contributed by atoms with van der Waals surface area (Å²) in [4.78, 5) is 14.7. The van der Waals surface area contributed by atoms with Crippen molar-refractivity contribution in [2.24, 2.45) is 0 Å². The molecule has 0 amide bonds. The van der Waals surface area contributed by atoms with Gasteiger partial charge in [0.1, 0.15) is 10.7 Å². The second-order valence-corrected chi connectivity index (χ2v) is 9.40. The molecule has 1 atom stereocenters. The fraction of sp³-hybridized carbons (Fsp3) is 0.429. The van der Waals surface area contributed by atoms with E-state index in [4.69, 9.17) is 39.8 Å². The number of aromatic nitrogens is 3. The number of hydrogen-bond acceptors (Lipinski definition) is 5. The summed E-state index contributed by atoms with van der Waals surface area (Å²) >= 11 is 18.3. The van der Waals surface area contributed by atoms with Crippen LogP contribution in [0.4, 0.5) is 5.95 Å². The van der Waals surface area contributed by atoms with Gasteiger partial charge in [0.15, 0.2) is 5.65 Å². The summed E-state index contributed by atoms with van der Waals surface area (Å²) in [6, 6.07) is 9.37. The van der Waals surface area contributed by atoms with E-state index < -0.39 is 0 Å². The molecule has 2 N–H and O–H groups in total. The number of aromatic amines is 1. The van der Waals surface area contributed by atoms with Crippen molar-refractivity contribution >= 4 is 51.9 Å². The van der Waals surface area contributed by atoms with Crippen LogP contribution in [0.1, 0.15) is 31.2 Å². The first-order valence-corrected chi connectivity index (χ1v) is 11.4. The van der Waals surface area contributed by atoms with Crippen LogP contribution in [0.3, 0.4) is 0 Å². The number of pyridine rings is 1. The summed E-state index contributed by atoms with van der Waals surface area (Å²) in [5.74, 6) is 0.879. The van der Waals surface area contributed by atoms with E-state index in [0.717, 1.165) is 68.1 Å². The number of H-pyrrole nitrogens is 1. The van der Waals surface area contributed by atoms with E-state index in [2.05, 4.69) is 25.3 Å². The number of nitrogens with one attached hydrogen (secondary N) is 2. The van der Waals surface area contributed by atoms with E-state index in [1.807, 2.05) is 18.2 Å². The monoisotopic (exact) mass is 464 g/mol. The van der Waals surface area contributed by atoms with Crippen LogP contribution in [-0.4, -0.2) is 45.1 Å². The zero-order valence-corrected chi connectivity index (χ0v) is 18.7. The maximum atomic E-state index is 6.14. The Balaban J connectivity index is 1.25. The average Bonchev–Trinajstić information content (AvgIpc) is 2.95. The maximum Gasteiger partial charge on any atom is 0.205 e. The maximum absolute atomic E-state index is 6.14. The Labute approximate surface area is 190 Å². The lowest BCUT2D eigenvalue weighted by Crippen LogP contribution is -2.65. The Hall–Kier alpha value is -1.57. The first-order chi connectivity index (χ1) is 14.5. The number of rotatable bonds is 4. The van der Waals surface area contributed by atoms with Gasteiger partial charge in [-0.25, -0.2) is 15.0 Å². The molecule has 1 aromatic carbocycles.